The molecule has 0 saturated carbocycles. The van der Waals surface area contributed by atoms with E-state index in [9.17, 15) is 5.48 Å². The third-order valence-corrected chi connectivity index (χ3v) is 22.7. The molecule has 0 aliphatic carbocycles. The lowest BCUT2D eigenvalue weighted by atomic mass is 9.33. The Morgan fingerprint density at radius 2 is 0.748 bits per heavy atom. The maximum Gasteiger partial charge on any atom is 0.252 e. The zero-order valence-electron chi connectivity index (χ0n) is 70.3. The fraction of sp³-hybridized carbons (Fsp3) is 0.235. The highest BCUT2D eigenvalue weighted by Crippen LogP contribution is 2.55. The van der Waals surface area contributed by atoms with Gasteiger partial charge in [0.1, 0.15) is 11.2 Å². The summed E-state index contributed by atoms with van der Waals surface area (Å²) in [4.78, 5) is 5.11. The first-order valence-corrected chi connectivity index (χ1v) is 38.2. The largest absolute Gasteiger partial charge is 0.456 e. The lowest BCUT2D eigenvalue weighted by Gasteiger charge is -2.46. The molecule has 0 spiro atoms. The second kappa shape index (κ2) is 24.9. The summed E-state index contributed by atoms with van der Waals surface area (Å²) in [6, 6.07) is 86.7. The standard InChI is InChI=1S/C102H98BN3O/c1-97(2,3)71-38-30-37-66(49-71)70-53-89(94-78-39-28-29-40-92(78)107-93(94)56-70)105-88-62-77(104-85-47-42-72(98(4,5)6)58-81(85)82-59-73(99(7,8)9)43-48-86(82)104)44-46-84(88)103-83-45-41-67(63-31-22-19-23-32-63)52-87(83)106(91-55-69(54-90(105)95(91)103)68-50-74(100(10,11)12)57-75(51-68)101(13,14)15)96-79(64-33-24-20-25-34-64)60-76(102(16,17)18)61-80(96)65-35-26-21-27-36-65/h19-62H,1-18H3/i19D,22D,23D,31D,32D. The SMILES string of the molecule is [2H]c1c([2H])c([2H])c(-c2ccc3c(c2)N(c2c(-c4ccccc4)cc(C(C)(C)C)cc2-c2ccccc2)c2cc(-c4cc(C(C)(C)C)cc(C(C)(C)C)c4)cc4c2B3c2ccc(-n3c5ccc(C(C)(C)C)cc5c5cc(C(C)(C)C)ccc53)cc2N4c2cc(-c3cccc(C(C)(C)C)c3)cc3oc4ccccc4c23)c([2H])c1[2H]. The van der Waals surface area contributed by atoms with Crippen molar-refractivity contribution in [2.75, 3.05) is 9.80 Å². The number of hydrogen-bond donors (Lipinski definition) is 0. The fourth-order valence-electron chi connectivity index (χ4n) is 16.6. The maximum atomic E-state index is 9.74. The smallest absolute Gasteiger partial charge is 0.252 e. The number of nitrogens with zero attached hydrogens (tertiary/aromatic N) is 3. The fourth-order valence-corrected chi connectivity index (χ4v) is 16.6. The van der Waals surface area contributed by atoms with Crippen molar-refractivity contribution in [3.8, 4) is 61.3 Å². The van der Waals surface area contributed by atoms with E-state index in [0.29, 0.717) is 5.56 Å². The number of fused-ring (bicyclic) bond motifs is 10. The van der Waals surface area contributed by atoms with Gasteiger partial charge in [0.15, 0.2) is 0 Å². The average molecular weight is 1400 g/mol. The summed E-state index contributed by atoms with van der Waals surface area (Å²) >= 11 is 0. The molecular weight excluding hydrogens is 1290 g/mol. The van der Waals surface area contributed by atoms with E-state index < -0.39 is 12.8 Å². The number of anilines is 6. The zero-order chi connectivity index (χ0) is 79.1. The predicted molar refractivity (Wildman–Crippen MR) is 461 cm³/mol. The van der Waals surface area contributed by atoms with Gasteiger partial charge in [0, 0.05) is 55.7 Å². The number of hydrogen-bond acceptors (Lipinski definition) is 3. The van der Waals surface area contributed by atoms with Gasteiger partial charge in [-0.05, 0) is 212 Å². The first-order valence-electron chi connectivity index (χ1n) is 40.7. The van der Waals surface area contributed by atoms with Crippen LogP contribution in [0.5, 0.6) is 0 Å². The van der Waals surface area contributed by atoms with Crippen molar-refractivity contribution < 1.29 is 11.3 Å². The lowest BCUT2D eigenvalue weighted by molar-refractivity contribution is 0.569. The Hall–Kier alpha value is -10.9. The van der Waals surface area contributed by atoms with Gasteiger partial charge in [-0.25, -0.2) is 0 Å². The predicted octanol–water partition coefficient (Wildman–Crippen LogP) is 26.9. The van der Waals surface area contributed by atoms with Crippen LogP contribution in [0.3, 0.4) is 0 Å². The van der Waals surface area contributed by atoms with Gasteiger partial charge in [0.05, 0.1) is 34.6 Å². The van der Waals surface area contributed by atoms with E-state index in [0.717, 1.165) is 139 Å². The first kappa shape index (κ1) is 63.4. The highest BCUT2D eigenvalue weighted by Gasteiger charge is 2.46. The molecule has 107 heavy (non-hydrogen) atoms. The summed E-state index contributed by atoms with van der Waals surface area (Å²) in [5.41, 5.74) is 28.6. The first-order chi connectivity index (χ1) is 52.9. The topological polar surface area (TPSA) is 24.6 Å². The van der Waals surface area contributed by atoms with Gasteiger partial charge in [0.25, 0.3) is 6.71 Å². The monoisotopic (exact) mass is 1400 g/mol. The third kappa shape index (κ3) is 12.0. The second-order valence-electron chi connectivity index (χ2n) is 36.3. The van der Waals surface area contributed by atoms with Crippen LogP contribution < -0.4 is 26.2 Å². The van der Waals surface area contributed by atoms with Crippen molar-refractivity contribution in [2.24, 2.45) is 0 Å². The van der Waals surface area contributed by atoms with Crippen LogP contribution in [0.4, 0.5) is 34.1 Å². The summed E-state index contributed by atoms with van der Waals surface area (Å²) in [5.74, 6) is 0. The van der Waals surface area contributed by atoms with E-state index in [1.165, 1.54) is 38.6 Å². The highest BCUT2D eigenvalue weighted by atomic mass is 16.3. The molecule has 2 aromatic heterocycles. The molecule has 4 nitrogen and oxygen atoms in total. The Bertz CT molecular complexity index is 6210. The van der Waals surface area contributed by atoms with E-state index >= 15 is 0 Å². The quantitative estimate of drug-likeness (QED) is 0.142. The molecule has 5 heteroatoms. The third-order valence-electron chi connectivity index (χ3n) is 22.7. The summed E-state index contributed by atoms with van der Waals surface area (Å²) in [6.07, 6.45) is 0. The molecule has 0 atom stereocenters. The summed E-state index contributed by atoms with van der Waals surface area (Å²) in [7, 11) is 0. The van der Waals surface area contributed by atoms with Crippen LogP contribution in [-0.4, -0.2) is 11.3 Å². The Morgan fingerprint density at radius 3 is 1.32 bits per heavy atom. The number of benzene rings is 13. The molecule has 0 radical (unpaired) electrons. The van der Waals surface area contributed by atoms with Crippen molar-refractivity contribution in [3.05, 3.63) is 300 Å². The lowest BCUT2D eigenvalue weighted by Crippen LogP contribution is -2.61. The Kier molecular flexibility index (Phi) is 14.7. The minimum atomic E-state index is -0.468. The molecule has 0 N–H and O–H groups in total. The highest BCUT2D eigenvalue weighted by molar-refractivity contribution is 7.00. The van der Waals surface area contributed by atoms with Crippen molar-refractivity contribution in [1.82, 2.24) is 4.57 Å². The summed E-state index contributed by atoms with van der Waals surface area (Å²) < 4.78 is 56.6. The molecule has 13 aromatic carbocycles. The number of furan rings is 1. The normalized spacial score (nSPS) is 14.1. The number of rotatable bonds is 8. The molecule has 0 fully saturated rings. The molecule has 2 aliphatic rings. The van der Waals surface area contributed by atoms with Gasteiger partial charge in [-0.1, -0.05) is 306 Å². The van der Waals surface area contributed by atoms with Crippen molar-refractivity contribution in [2.45, 2.75) is 157 Å². The molecule has 4 heterocycles. The van der Waals surface area contributed by atoms with Crippen LogP contribution >= 0.6 is 0 Å². The van der Waals surface area contributed by atoms with Gasteiger partial charge >= 0.3 is 0 Å². The van der Waals surface area contributed by atoms with Gasteiger partial charge in [0.2, 0.25) is 0 Å². The Morgan fingerprint density at radius 1 is 0.299 bits per heavy atom. The molecule has 2 aliphatic heterocycles. The molecule has 0 unspecified atom stereocenters. The van der Waals surface area contributed by atoms with Crippen molar-refractivity contribution >= 4 is 101 Å². The van der Waals surface area contributed by atoms with E-state index in [4.69, 9.17) is 5.79 Å². The summed E-state index contributed by atoms with van der Waals surface area (Å²) in [5, 5.41) is 4.38. The number of aromatic nitrogens is 1. The minimum Gasteiger partial charge on any atom is -0.456 e. The van der Waals surface area contributed by atoms with Crippen LogP contribution in [0.2, 0.25) is 0 Å². The Balaban J connectivity index is 1.10. The van der Waals surface area contributed by atoms with Crippen LogP contribution in [0.1, 0.15) is 165 Å². The van der Waals surface area contributed by atoms with Gasteiger partial charge < -0.3 is 18.8 Å². The molecule has 0 bridgehead atoms. The van der Waals surface area contributed by atoms with Gasteiger partial charge in [-0.15, -0.1) is 0 Å². The average Bonchev–Trinajstić information content (AvgIpc) is 0.805. The van der Waals surface area contributed by atoms with E-state index in [2.05, 4.69) is 370 Å². The zero-order valence-corrected chi connectivity index (χ0v) is 65.3. The molecule has 15 aromatic rings. The van der Waals surface area contributed by atoms with Gasteiger partial charge in [-0.3, -0.25) is 0 Å². The molecule has 0 saturated heterocycles. The van der Waals surface area contributed by atoms with Crippen molar-refractivity contribution in [1.29, 1.82) is 0 Å². The van der Waals surface area contributed by atoms with E-state index in [1.807, 2.05) is 6.07 Å². The van der Waals surface area contributed by atoms with E-state index in [1.54, 1.807) is 0 Å². The molecule has 530 valence electrons. The van der Waals surface area contributed by atoms with Crippen LogP contribution in [0.15, 0.2) is 271 Å². The van der Waals surface area contributed by atoms with Gasteiger partial charge in [-0.2, -0.15) is 0 Å². The summed E-state index contributed by atoms with van der Waals surface area (Å²) in [6.45, 7) is 40.9. The second-order valence-corrected chi connectivity index (χ2v) is 36.3. The van der Waals surface area contributed by atoms with Crippen molar-refractivity contribution in [3.63, 3.8) is 0 Å². The van der Waals surface area contributed by atoms with Crippen LogP contribution in [0, 0.1) is 0 Å². The molecule has 0 amide bonds. The maximum absolute atomic E-state index is 9.74. The minimum absolute atomic E-state index is 0.112. The van der Waals surface area contributed by atoms with E-state index in [-0.39, 0.29) is 62.2 Å². The Labute approximate surface area is 641 Å². The molecule has 17 rings (SSSR count). The number of para-hydroxylation sites is 1. The molecular formula is C102H98BN3O. The van der Waals surface area contributed by atoms with Crippen LogP contribution in [-0.2, 0) is 32.5 Å². The van der Waals surface area contributed by atoms with Crippen LogP contribution in [0.25, 0.3) is 105 Å².